The van der Waals surface area contributed by atoms with Crippen molar-refractivity contribution in [3.05, 3.63) is 53.1 Å². The number of fused-ring (bicyclic) bond motifs is 2. The maximum absolute atomic E-state index is 13.6. The molecule has 0 spiro atoms. The van der Waals surface area contributed by atoms with Gasteiger partial charge in [0.1, 0.15) is 0 Å². The molecule has 2 aromatic carbocycles. The second kappa shape index (κ2) is 9.90. The lowest BCUT2D eigenvalue weighted by molar-refractivity contribution is -0.155. The molecule has 1 saturated heterocycles. The van der Waals surface area contributed by atoms with Crippen LogP contribution < -0.4 is 14.8 Å². The molecule has 5 nitrogen and oxygen atoms in total. The van der Waals surface area contributed by atoms with E-state index >= 15 is 0 Å². The zero-order valence-corrected chi connectivity index (χ0v) is 20.4. The summed E-state index contributed by atoms with van der Waals surface area (Å²) in [5.74, 6) is 1.27. The number of hydrogen-bond acceptors (Lipinski definition) is 5. The highest BCUT2D eigenvalue weighted by Crippen LogP contribution is 2.45. The van der Waals surface area contributed by atoms with Crippen LogP contribution >= 0.6 is 0 Å². The molecule has 3 aliphatic heterocycles. The first-order chi connectivity index (χ1) is 16.8. The molecular weight excluding hydrogens is 455 g/mol. The minimum Gasteiger partial charge on any atom is -0.454 e. The number of benzene rings is 2. The van der Waals surface area contributed by atoms with E-state index in [4.69, 9.17) is 9.47 Å². The predicted molar refractivity (Wildman–Crippen MR) is 130 cm³/mol. The smallest absolute Gasteiger partial charge is 0.401 e. The van der Waals surface area contributed by atoms with Gasteiger partial charge in [0.15, 0.2) is 11.5 Å². The average Bonchev–Trinajstić information content (AvgIpc) is 3.46. The van der Waals surface area contributed by atoms with Gasteiger partial charge < -0.3 is 19.7 Å². The summed E-state index contributed by atoms with van der Waals surface area (Å²) in [6.07, 6.45) is -0.225. The van der Waals surface area contributed by atoms with Crippen LogP contribution in [0.5, 0.6) is 11.5 Å². The summed E-state index contributed by atoms with van der Waals surface area (Å²) in [6.45, 7) is 6.54. The second-order valence-corrected chi connectivity index (χ2v) is 10.1. The molecule has 2 aromatic rings. The first-order valence-corrected chi connectivity index (χ1v) is 12.6. The van der Waals surface area contributed by atoms with Crippen molar-refractivity contribution >= 4 is 5.69 Å². The Kier molecular flexibility index (Phi) is 6.86. The Labute approximate surface area is 205 Å². The third-order valence-electron chi connectivity index (χ3n) is 7.40. The molecule has 3 aliphatic rings. The Morgan fingerprint density at radius 1 is 1.09 bits per heavy atom. The lowest BCUT2D eigenvalue weighted by Gasteiger charge is -2.42. The molecule has 35 heavy (non-hydrogen) atoms. The van der Waals surface area contributed by atoms with Gasteiger partial charge in [-0.2, -0.15) is 13.2 Å². The van der Waals surface area contributed by atoms with Crippen molar-refractivity contribution in [3.63, 3.8) is 0 Å². The van der Waals surface area contributed by atoms with Crippen molar-refractivity contribution in [2.45, 2.75) is 63.8 Å². The monoisotopic (exact) mass is 489 g/mol. The van der Waals surface area contributed by atoms with Gasteiger partial charge in [0.2, 0.25) is 6.79 Å². The van der Waals surface area contributed by atoms with Gasteiger partial charge in [-0.15, -0.1) is 0 Å². The largest absolute Gasteiger partial charge is 0.454 e. The number of hydrogen-bond donors (Lipinski definition) is 1. The number of alkyl halides is 3. The number of anilines is 1. The Hall–Kier alpha value is -2.45. The molecule has 1 N–H and O–H groups in total. The minimum atomic E-state index is -4.28. The first-order valence-electron chi connectivity index (χ1n) is 12.6. The molecule has 3 heterocycles. The Morgan fingerprint density at radius 3 is 2.54 bits per heavy atom. The van der Waals surface area contributed by atoms with Crippen LogP contribution in [0.25, 0.3) is 0 Å². The second-order valence-electron chi connectivity index (χ2n) is 10.1. The molecule has 0 unspecified atom stereocenters. The number of unbranched alkanes of at least 4 members (excludes halogenated alkanes) is 1. The summed E-state index contributed by atoms with van der Waals surface area (Å²) in [5, 5.41) is 3.62. The zero-order valence-electron chi connectivity index (χ0n) is 20.4. The first kappa shape index (κ1) is 24.3. The maximum Gasteiger partial charge on any atom is 0.401 e. The van der Waals surface area contributed by atoms with Gasteiger partial charge in [-0.3, -0.25) is 4.90 Å². The fraction of sp³-hybridized carbons (Fsp3) is 0.556. The van der Waals surface area contributed by atoms with E-state index < -0.39 is 18.8 Å². The molecule has 0 saturated carbocycles. The fourth-order valence-electron chi connectivity index (χ4n) is 5.66. The molecule has 0 aromatic heterocycles. The van der Waals surface area contributed by atoms with Gasteiger partial charge in [0.05, 0.1) is 12.6 Å². The third-order valence-corrected chi connectivity index (χ3v) is 7.40. The molecule has 0 aliphatic carbocycles. The van der Waals surface area contributed by atoms with E-state index in [0.29, 0.717) is 24.0 Å². The van der Waals surface area contributed by atoms with Crippen LogP contribution in [0.15, 0.2) is 36.4 Å². The Morgan fingerprint density at radius 2 is 1.83 bits per heavy atom. The highest BCUT2D eigenvalue weighted by molar-refractivity contribution is 5.54. The minimum absolute atomic E-state index is 0.141. The molecule has 0 radical (unpaired) electrons. The summed E-state index contributed by atoms with van der Waals surface area (Å²) in [5.41, 5.74) is 3.74. The SMILES string of the molecule is CCCCN1CC[C@H](Nc2ccc([C@@H]3c4cc5c(cc4C[C@@H](C)N3CC(F)(F)F)OCO5)cc2)C1. The van der Waals surface area contributed by atoms with Crippen LogP contribution in [-0.4, -0.2) is 61.0 Å². The van der Waals surface area contributed by atoms with Crippen molar-refractivity contribution in [2.24, 2.45) is 0 Å². The van der Waals surface area contributed by atoms with E-state index in [1.807, 2.05) is 43.3 Å². The average molecular weight is 490 g/mol. The molecule has 3 atom stereocenters. The molecule has 5 rings (SSSR count). The van der Waals surface area contributed by atoms with Gasteiger partial charge in [-0.05, 0) is 73.7 Å². The summed E-state index contributed by atoms with van der Waals surface area (Å²) >= 11 is 0. The van der Waals surface area contributed by atoms with Gasteiger partial charge in [-0.25, -0.2) is 0 Å². The van der Waals surface area contributed by atoms with Gasteiger partial charge in [0, 0.05) is 30.9 Å². The van der Waals surface area contributed by atoms with Crippen LogP contribution in [0, 0.1) is 0 Å². The number of likely N-dealkylation sites (tertiary alicyclic amines) is 1. The molecule has 1 fully saturated rings. The third kappa shape index (κ3) is 5.38. The van der Waals surface area contributed by atoms with E-state index in [9.17, 15) is 13.2 Å². The van der Waals surface area contributed by atoms with Crippen LogP contribution in [0.2, 0.25) is 0 Å². The number of rotatable bonds is 7. The molecule has 8 heteroatoms. The van der Waals surface area contributed by atoms with E-state index in [2.05, 4.69) is 17.1 Å². The predicted octanol–water partition coefficient (Wildman–Crippen LogP) is 5.60. The van der Waals surface area contributed by atoms with Gasteiger partial charge >= 0.3 is 6.18 Å². The fourth-order valence-corrected chi connectivity index (χ4v) is 5.66. The van der Waals surface area contributed by atoms with Crippen LogP contribution in [0.4, 0.5) is 18.9 Å². The maximum atomic E-state index is 13.6. The summed E-state index contributed by atoms with van der Waals surface area (Å²) in [6, 6.07) is 11.4. The van der Waals surface area contributed by atoms with Crippen molar-refractivity contribution in [3.8, 4) is 11.5 Å². The normalized spacial score (nSPS) is 24.5. The lowest BCUT2D eigenvalue weighted by atomic mass is 9.84. The summed E-state index contributed by atoms with van der Waals surface area (Å²) in [7, 11) is 0. The van der Waals surface area contributed by atoms with E-state index in [-0.39, 0.29) is 12.8 Å². The lowest BCUT2D eigenvalue weighted by Crippen LogP contribution is -2.47. The number of halogens is 3. The number of nitrogens with zero attached hydrogens (tertiary/aromatic N) is 2. The molecular formula is C27H34F3N3O2. The Balaban J connectivity index is 1.39. The van der Waals surface area contributed by atoms with E-state index in [1.165, 1.54) is 12.8 Å². The summed E-state index contributed by atoms with van der Waals surface area (Å²) in [4.78, 5) is 4.06. The van der Waals surface area contributed by atoms with Crippen LogP contribution in [0.1, 0.15) is 55.8 Å². The topological polar surface area (TPSA) is 37.0 Å². The molecule has 0 amide bonds. The van der Waals surface area contributed by atoms with E-state index in [1.54, 1.807) is 4.90 Å². The standard InChI is InChI=1S/C27H34F3N3O2/c1-3-4-10-32-11-9-22(15-32)31-21-7-5-19(6-8-21)26-23-14-25-24(34-17-35-25)13-20(23)12-18(2)33(26)16-27(28,29)30/h5-8,13-14,18,22,26,31H,3-4,9-12,15-17H2,1-2H3/t18-,22+,26-/m1/s1. The van der Waals surface area contributed by atoms with Gasteiger partial charge in [-0.1, -0.05) is 25.5 Å². The zero-order chi connectivity index (χ0) is 24.6. The van der Waals surface area contributed by atoms with E-state index in [0.717, 1.165) is 48.4 Å². The van der Waals surface area contributed by atoms with Crippen molar-refractivity contribution in [1.29, 1.82) is 0 Å². The van der Waals surface area contributed by atoms with Gasteiger partial charge in [0.25, 0.3) is 0 Å². The van der Waals surface area contributed by atoms with Crippen LogP contribution in [-0.2, 0) is 6.42 Å². The van der Waals surface area contributed by atoms with Crippen molar-refractivity contribution in [2.75, 3.05) is 38.3 Å². The van der Waals surface area contributed by atoms with Crippen molar-refractivity contribution in [1.82, 2.24) is 9.80 Å². The van der Waals surface area contributed by atoms with Crippen molar-refractivity contribution < 1.29 is 22.6 Å². The highest BCUT2D eigenvalue weighted by atomic mass is 19.4. The number of nitrogens with one attached hydrogen (secondary N) is 1. The Bertz CT molecular complexity index is 1030. The highest BCUT2D eigenvalue weighted by Gasteiger charge is 2.41. The van der Waals surface area contributed by atoms with Crippen LogP contribution in [0.3, 0.4) is 0 Å². The quantitative estimate of drug-likeness (QED) is 0.548. The summed E-state index contributed by atoms with van der Waals surface area (Å²) < 4.78 is 51.9. The number of ether oxygens (including phenoxy) is 2. The molecule has 190 valence electrons. The molecule has 0 bridgehead atoms.